The lowest BCUT2D eigenvalue weighted by Crippen LogP contribution is -2.52. The Labute approximate surface area is 121 Å². The summed E-state index contributed by atoms with van der Waals surface area (Å²) in [6.45, 7) is 4.89. The van der Waals surface area contributed by atoms with Crippen LogP contribution in [0.4, 0.5) is 0 Å². The predicted octanol–water partition coefficient (Wildman–Crippen LogP) is 3.96. The molecule has 0 spiro atoms. The molecule has 1 atom stereocenters. The van der Waals surface area contributed by atoms with Crippen LogP contribution in [0.3, 0.4) is 0 Å². The third-order valence-electron chi connectivity index (χ3n) is 2.86. The van der Waals surface area contributed by atoms with E-state index < -0.39 is 8.80 Å². The van der Waals surface area contributed by atoms with Gasteiger partial charge in [0.15, 0.2) is 0 Å². The molecule has 0 aromatic heterocycles. The molecule has 0 aliphatic rings. The van der Waals surface area contributed by atoms with E-state index >= 15 is 0 Å². The topological polar surface area (TPSA) is 27.7 Å². The van der Waals surface area contributed by atoms with Crippen molar-refractivity contribution in [3.05, 3.63) is 0 Å². The van der Waals surface area contributed by atoms with Gasteiger partial charge < -0.3 is 13.3 Å². The van der Waals surface area contributed by atoms with E-state index in [0.717, 1.165) is 6.42 Å². The molecular formula is C12H27IO3Si. The molecule has 0 rings (SSSR count). The van der Waals surface area contributed by atoms with Crippen LogP contribution in [0.1, 0.15) is 52.4 Å². The van der Waals surface area contributed by atoms with Gasteiger partial charge in [-0.05, 0) is 13.3 Å². The van der Waals surface area contributed by atoms with E-state index in [2.05, 4.69) is 29.5 Å². The van der Waals surface area contributed by atoms with E-state index in [1.807, 2.05) is 6.92 Å². The highest BCUT2D eigenvalue weighted by Crippen LogP contribution is 2.25. The first kappa shape index (κ1) is 17.8. The summed E-state index contributed by atoms with van der Waals surface area (Å²) in [7, 11) is 0.976. The SMILES string of the molecule is CCCCCCCC(I)[Si](OC)(OC)OCC. The minimum absolute atomic E-state index is 0.358. The Morgan fingerprint density at radius 3 is 2.06 bits per heavy atom. The second-order valence-electron chi connectivity index (χ2n) is 4.12. The van der Waals surface area contributed by atoms with Crippen molar-refractivity contribution in [2.24, 2.45) is 0 Å². The highest BCUT2D eigenvalue weighted by Gasteiger charge is 2.46. The van der Waals surface area contributed by atoms with Gasteiger partial charge in [-0.1, -0.05) is 61.6 Å². The van der Waals surface area contributed by atoms with Gasteiger partial charge >= 0.3 is 8.80 Å². The predicted molar refractivity (Wildman–Crippen MR) is 82.6 cm³/mol. The summed E-state index contributed by atoms with van der Waals surface area (Å²) >= 11 is 2.43. The minimum Gasteiger partial charge on any atom is -0.376 e. The third-order valence-corrected chi connectivity index (χ3v) is 8.66. The minimum atomic E-state index is -2.43. The first-order valence-electron chi connectivity index (χ1n) is 6.55. The summed E-state index contributed by atoms with van der Waals surface area (Å²) in [5, 5.41) is 0. The van der Waals surface area contributed by atoms with Crippen LogP contribution in [0.25, 0.3) is 0 Å². The largest absolute Gasteiger partial charge is 0.513 e. The fraction of sp³-hybridized carbons (Fsp3) is 1.00. The fourth-order valence-electron chi connectivity index (χ4n) is 1.85. The fourth-order valence-corrected chi connectivity index (χ4v) is 6.41. The van der Waals surface area contributed by atoms with Gasteiger partial charge in [0, 0.05) is 20.8 Å². The molecule has 3 nitrogen and oxygen atoms in total. The highest BCUT2D eigenvalue weighted by molar-refractivity contribution is 14.1. The molecular weight excluding hydrogens is 347 g/mol. The molecule has 0 bridgehead atoms. The summed E-state index contributed by atoms with van der Waals surface area (Å²) < 4.78 is 17.2. The van der Waals surface area contributed by atoms with Gasteiger partial charge in [-0.2, -0.15) is 0 Å². The molecule has 0 N–H and O–H groups in total. The summed E-state index contributed by atoms with van der Waals surface area (Å²) in [6.07, 6.45) is 7.64. The number of unbranched alkanes of at least 4 members (excludes halogenated alkanes) is 4. The summed E-state index contributed by atoms with van der Waals surface area (Å²) in [5.41, 5.74) is 0. The zero-order valence-corrected chi connectivity index (χ0v) is 14.8. The maximum atomic E-state index is 5.75. The number of rotatable bonds is 11. The lowest BCUT2D eigenvalue weighted by atomic mass is 10.1. The van der Waals surface area contributed by atoms with Gasteiger partial charge in [0.05, 0.1) is 3.55 Å². The molecule has 17 heavy (non-hydrogen) atoms. The van der Waals surface area contributed by atoms with E-state index in [1.54, 1.807) is 14.2 Å². The Morgan fingerprint density at radius 2 is 1.59 bits per heavy atom. The van der Waals surface area contributed by atoms with Gasteiger partial charge in [0.1, 0.15) is 0 Å². The van der Waals surface area contributed by atoms with Crippen LogP contribution in [0.15, 0.2) is 0 Å². The quantitative estimate of drug-likeness (QED) is 0.237. The Morgan fingerprint density at radius 1 is 1.00 bits per heavy atom. The van der Waals surface area contributed by atoms with E-state index in [4.69, 9.17) is 13.3 Å². The Kier molecular flexibility index (Phi) is 11.2. The van der Waals surface area contributed by atoms with Crippen LogP contribution in [0.2, 0.25) is 0 Å². The molecule has 0 saturated carbocycles. The molecule has 0 aliphatic heterocycles. The zero-order chi connectivity index (χ0) is 13.1. The molecule has 1 unspecified atom stereocenters. The van der Waals surface area contributed by atoms with Crippen molar-refractivity contribution in [3.63, 3.8) is 0 Å². The molecule has 0 aromatic carbocycles. The van der Waals surface area contributed by atoms with E-state index in [-0.39, 0.29) is 0 Å². The van der Waals surface area contributed by atoms with Crippen LogP contribution in [0, 0.1) is 0 Å². The van der Waals surface area contributed by atoms with Gasteiger partial charge in [-0.25, -0.2) is 0 Å². The van der Waals surface area contributed by atoms with E-state index in [9.17, 15) is 0 Å². The first-order valence-corrected chi connectivity index (χ1v) is 9.59. The smallest absolute Gasteiger partial charge is 0.376 e. The standard InChI is InChI=1S/C12H27IO3Si/c1-5-7-8-9-10-11-12(13)17(14-3,15-4)16-6-2/h12H,5-11H2,1-4H3. The van der Waals surface area contributed by atoms with Gasteiger partial charge in [0.2, 0.25) is 0 Å². The number of hydrogen-bond acceptors (Lipinski definition) is 3. The van der Waals surface area contributed by atoms with Crippen molar-refractivity contribution in [1.29, 1.82) is 0 Å². The molecule has 0 amide bonds. The molecule has 0 aromatic rings. The average Bonchev–Trinajstić information content (AvgIpc) is 2.35. The van der Waals surface area contributed by atoms with Gasteiger partial charge in [-0.3, -0.25) is 0 Å². The number of hydrogen-bond donors (Lipinski definition) is 0. The Balaban J connectivity index is 4.01. The van der Waals surface area contributed by atoms with Crippen molar-refractivity contribution in [1.82, 2.24) is 0 Å². The van der Waals surface area contributed by atoms with Gasteiger partial charge in [0.25, 0.3) is 0 Å². The normalized spacial score (nSPS) is 13.9. The van der Waals surface area contributed by atoms with Crippen LogP contribution in [0.5, 0.6) is 0 Å². The Bertz CT molecular complexity index is 177. The Hall–Kier alpha value is 0.827. The van der Waals surface area contributed by atoms with Crippen LogP contribution in [-0.4, -0.2) is 33.2 Å². The summed E-state index contributed by atoms with van der Waals surface area (Å²) in [4.78, 5) is 0. The maximum Gasteiger partial charge on any atom is 0.513 e. The molecule has 5 heteroatoms. The van der Waals surface area contributed by atoms with E-state index in [0.29, 0.717) is 10.2 Å². The van der Waals surface area contributed by atoms with Crippen LogP contribution < -0.4 is 0 Å². The summed E-state index contributed by atoms with van der Waals surface area (Å²) in [5.74, 6) is 0. The monoisotopic (exact) mass is 374 g/mol. The molecule has 0 fully saturated rings. The lowest BCUT2D eigenvalue weighted by Gasteiger charge is -2.30. The number of halogens is 1. The van der Waals surface area contributed by atoms with Crippen molar-refractivity contribution >= 4 is 31.4 Å². The zero-order valence-electron chi connectivity index (χ0n) is 11.6. The van der Waals surface area contributed by atoms with Crippen molar-refractivity contribution < 1.29 is 13.3 Å². The average molecular weight is 374 g/mol. The van der Waals surface area contributed by atoms with Crippen molar-refractivity contribution in [3.8, 4) is 0 Å². The lowest BCUT2D eigenvalue weighted by molar-refractivity contribution is 0.102. The van der Waals surface area contributed by atoms with Crippen molar-refractivity contribution in [2.45, 2.75) is 55.9 Å². The molecule has 0 heterocycles. The second-order valence-corrected chi connectivity index (χ2v) is 9.80. The molecule has 0 aliphatic carbocycles. The third kappa shape index (κ3) is 6.52. The van der Waals surface area contributed by atoms with Gasteiger partial charge in [-0.15, -0.1) is 0 Å². The first-order chi connectivity index (χ1) is 8.16. The van der Waals surface area contributed by atoms with Crippen LogP contribution in [-0.2, 0) is 13.3 Å². The van der Waals surface area contributed by atoms with Crippen molar-refractivity contribution in [2.75, 3.05) is 20.8 Å². The molecule has 0 radical (unpaired) electrons. The van der Waals surface area contributed by atoms with Crippen LogP contribution >= 0.6 is 22.6 Å². The number of alkyl halides is 1. The second kappa shape index (κ2) is 10.7. The molecule has 104 valence electrons. The van der Waals surface area contributed by atoms with E-state index in [1.165, 1.54) is 32.1 Å². The molecule has 0 saturated heterocycles. The maximum absolute atomic E-state index is 5.75. The summed E-state index contributed by atoms with van der Waals surface area (Å²) in [6, 6.07) is 0. The highest BCUT2D eigenvalue weighted by atomic mass is 127.